The first-order chi connectivity index (χ1) is 13.0. The van der Waals surface area contributed by atoms with Crippen LogP contribution in [0.1, 0.15) is 52.7 Å². The van der Waals surface area contributed by atoms with Crippen LogP contribution in [0, 0.1) is 0 Å². The summed E-state index contributed by atoms with van der Waals surface area (Å²) in [6.07, 6.45) is 0. The zero-order valence-electron chi connectivity index (χ0n) is 18.3. The zero-order chi connectivity index (χ0) is 20.4. The fraction of sp³-hybridized carbons (Fsp3) is 0.455. The van der Waals surface area contributed by atoms with E-state index in [1.54, 1.807) is 14.2 Å². The minimum Gasteiger partial charge on any atom is -0.700 e. The second-order valence-electron chi connectivity index (χ2n) is 10.00. The zero-order valence-corrected chi connectivity index (χ0v) is 18.3. The van der Waals surface area contributed by atoms with Crippen LogP contribution in [0.25, 0.3) is 32.4 Å². The van der Waals surface area contributed by atoms with Gasteiger partial charge in [0.2, 0.25) is 0 Å². The number of rotatable bonds is 2. The molecule has 0 radical (unpaired) electrons. The highest BCUT2D eigenvalue weighted by molar-refractivity contribution is 6.61. The minimum absolute atomic E-state index is 0.0404. The molecule has 4 rings (SSSR count). The van der Waals surface area contributed by atoms with E-state index in [2.05, 4.69) is 75.6 Å². The highest BCUT2D eigenvalue weighted by Gasteiger charge is 2.24. The number of hydrogen-bond acceptors (Lipinski definition) is 2. The lowest BCUT2D eigenvalue weighted by molar-refractivity contribution is -0.294. The molecule has 0 aliphatic heterocycles. The van der Waals surface area contributed by atoms with Crippen molar-refractivity contribution < 1.29 is 19.1 Å². The van der Waals surface area contributed by atoms with E-state index in [1.165, 1.54) is 32.5 Å². The lowest BCUT2D eigenvalue weighted by Crippen LogP contribution is -2.35. The van der Waals surface area contributed by atoms with Crippen molar-refractivity contribution in [2.24, 2.45) is 0 Å². The molecule has 146 valence electrons. The molecule has 0 aliphatic carbocycles. The maximum absolute atomic E-state index is 5.88. The number of aromatic amines is 2. The van der Waals surface area contributed by atoms with Gasteiger partial charge in [0.25, 0.3) is 0 Å². The monoisotopic (exact) mass is 376 g/mol. The van der Waals surface area contributed by atoms with E-state index in [9.17, 15) is 0 Å². The summed E-state index contributed by atoms with van der Waals surface area (Å²) in [6, 6.07) is 9.12. The van der Waals surface area contributed by atoms with E-state index in [0.717, 1.165) is 11.0 Å². The summed E-state index contributed by atoms with van der Waals surface area (Å²) in [6.45, 7) is 13.1. The molecule has 0 amide bonds. The Bertz CT molecular complexity index is 1130. The van der Waals surface area contributed by atoms with Crippen molar-refractivity contribution >= 4 is 45.7 Å². The van der Waals surface area contributed by atoms with Gasteiger partial charge in [-0.2, -0.15) is 0 Å². The molecule has 4 aromatic rings. The van der Waals surface area contributed by atoms with Crippen LogP contribution in [0.3, 0.4) is 0 Å². The number of H-pyrrole nitrogens is 2. The van der Waals surface area contributed by atoms with Gasteiger partial charge in [-0.3, -0.25) is 0 Å². The third kappa shape index (κ3) is 2.85. The highest BCUT2D eigenvalue weighted by atomic mass is 16.4. The molecule has 28 heavy (non-hydrogen) atoms. The molecule has 0 fully saturated rings. The Morgan fingerprint density at radius 3 is 1.39 bits per heavy atom. The van der Waals surface area contributed by atoms with Gasteiger partial charge in [-0.25, -0.2) is 0 Å². The summed E-state index contributed by atoms with van der Waals surface area (Å²) in [7, 11) is 3.53. The van der Waals surface area contributed by atoms with Crippen LogP contribution in [-0.2, 0) is 10.8 Å². The molecule has 2 N–H and O–H groups in total. The van der Waals surface area contributed by atoms with Crippen molar-refractivity contribution in [1.29, 1.82) is 0 Å². The van der Waals surface area contributed by atoms with E-state index >= 15 is 0 Å². The van der Waals surface area contributed by atoms with Crippen LogP contribution >= 0.6 is 0 Å². The van der Waals surface area contributed by atoms with Crippen LogP contribution < -0.4 is 19.1 Å². The topological polar surface area (TPSA) is 46.7 Å². The summed E-state index contributed by atoms with van der Waals surface area (Å²) in [4.78, 5) is 7.25. The average molecular weight is 376 g/mol. The molecule has 0 saturated carbocycles. The Balaban J connectivity index is 2.27. The Morgan fingerprint density at radius 2 is 1.04 bits per heavy atom. The van der Waals surface area contributed by atoms with E-state index in [1.807, 2.05) is 0 Å². The molecule has 2 aromatic heterocycles. The van der Waals surface area contributed by atoms with Gasteiger partial charge in [0, 0.05) is 26.4 Å². The molecule has 6 heteroatoms. The quantitative estimate of drug-likeness (QED) is 0.505. The lowest BCUT2D eigenvalue weighted by atomic mass is 9.73. The van der Waals surface area contributed by atoms with Crippen molar-refractivity contribution in [3.8, 4) is 0 Å². The van der Waals surface area contributed by atoms with E-state index < -0.39 is 0 Å². The average Bonchev–Trinajstić information content (AvgIpc) is 2.62. The van der Waals surface area contributed by atoms with E-state index in [-0.39, 0.29) is 24.2 Å². The van der Waals surface area contributed by atoms with Gasteiger partial charge in [0.15, 0.2) is 11.0 Å². The van der Waals surface area contributed by atoms with E-state index in [0.29, 0.717) is 0 Å². The summed E-state index contributed by atoms with van der Waals surface area (Å²) in [5.74, 6) is 0. The molecule has 0 unspecified atom stereocenters. The van der Waals surface area contributed by atoms with Gasteiger partial charge < -0.3 is 19.1 Å². The van der Waals surface area contributed by atoms with Gasteiger partial charge in [0.1, 0.15) is 5.39 Å². The summed E-state index contributed by atoms with van der Waals surface area (Å²) in [5.41, 5.74) is 4.90. The fourth-order valence-corrected chi connectivity index (χ4v) is 4.20. The van der Waals surface area contributed by atoms with Gasteiger partial charge in [-0.1, -0.05) is 59.1 Å². The maximum atomic E-state index is 5.88. The van der Waals surface area contributed by atoms with Gasteiger partial charge in [-0.15, -0.1) is 10.6 Å². The molecule has 4 nitrogen and oxygen atoms in total. The first-order valence-corrected chi connectivity index (χ1v) is 10.0. The molecule has 0 aliphatic rings. The van der Waals surface area contributed by atoms with Crippen molar-refractivity contribution in [3.05, 3.63) is 35.4 Å². The third-order valence-electron chi connectivity index (χ3n) is 5.93. The molecular formula is C22H30B2N2O2. The molecule has 2 heterocycles. The first kappa shape index (κ1) is 19.1. The molecule has 0 atom stereocenters. The van der Waals surface area contributed by atoms with Crippen molar-refractivity contribution in [1.82, 2.24) is 0 Å². The molecule has 0 bridgehead atoms. The van der Waals surface area contributed by atoms with Crippen LogP contribution in [0.15, 0.2) is 24.3 Å². The van der Waals surface area contributed by atoms with Gasteiger partial charge >= 0.3 is 13.4 Å². The molecule has 2 aromatic carbocycles. The highest BCUT2D eigenvalue weighted by Crippen LogP contribution is 2.35. The molecule has 0 spiro atoms. The van der Waals surface area contributed by atoms with Gasteiger partial charge in [-0.05, 0) is 22.0 Å². The Kier molecular flexibility index (Phi) is 4.18. The second-order valence-corrected chi connectivity index (χ2v) is 10.00. The fourth-order valence-electron chi connectivity index (χ4n) is 4.20. The smallest absolute Gasteiger partial charge is 0.417 e. The van der Waals surface area contributed by atoms with Crippen molar-refractivity contribution in [3.63, 3.8) is 0 Å². The predicted molar refractivity (Wildman–Crippen MR) is 118 cm³/mol. The summed E-state index contributed by atoms with van der Waals surface area (Å²) < 4.78 is 11.8. The number of nitrogens with one attached hydrogen (secondary N) is 2. The second kappa shape index (κ2) is 6.13. The summed E-state index contributed by atoms with van der Waals surface area (Å²) >= 11 is 0. The van der Waals surface area contributed by atoms with Crippen LogP contribution in [0.4, 0.5) is 0 Å². The Hall–Kier alpha value is -2.23. The minimum atomic E-state index is -0.178. The molecule has 0 saturated heterocycles. The van der Waals surface area contributed by atoms with E-state index in [4.69, 9.17) is 9.31 Å². The number of benzene rings is 2. The largest absolute Gasteiger partial charge is 0.700 e. The normalized spacial score (nSPS) is 13.0. The van der Waals surface area contributed by atoms with Crippen LogP contribution in [0.5, 0.6) is 0 Å². The predicted octanol–water partition coefficient (Wildman–Crippen LogP) is 2.98. The standard InChI is InChI=1S/C22H30B2N2O2/c1-21(2,3)13-9-15-19-16(10-13)24(28-8)26-18-12-14(22(4,5)6)11-17(20(18)19)25-23(15)27-7/h9-12,25-26H,1-8H3. The third-order valence-corrected chi connectivity index (χ3v) is 5.93. The van der Waals surface area contributed by atoms with Crippen molar-refractivity contribution in [2.45, 2.75) is 52.4 Å². The lowest BCUT2D eigenvalue weighted by Gasteiger charge is -2.26. The Morgan fingerprint density at radius 1 is 0.643 bits per heavy atom. The SMILES string of the molecule is CO[b-]1[nH+]c2cc(C(C)(C)C)cc3[nH+][b-](OC)c4cc(C(C)(C)C)cc1c4c23. The van der Waals surface area contributed by atoms with Crippen LogP contribution in [-0.4, -0.2) is 27.6 Å². The Labute approximate surface area is 167 Å². The maximum Gasteiger partial charge on any atom is 0.417 e. The summed E-state index contributed by atoms with van der Waals surface area (Å²) in [5, 5.41) is 4.84. The van der Waals surface area contributed by atoms with Gasteiger partial charge in [0.05, 0.1) is 0 Å². The number of aromatic nitrogens is 2. The number of hydrogen-bond donors (Lipinski definition) is 0. The van der Waals surface area contributed by atoms with Crippen molar-refractivity contribution in [2.75, 3.05) is 14.2 Å². The van der Waals surface area contributed by atoms with Crippen LogP contribution in [0.2, 0.25) is 0 Å². The molecular weight excluding hydrogens is 346 g/mol. The first-order valence-electron chi connectivity index (χ1n) is 10.0.